The van der Waals surface area contributed by atoms with Crippen LogP contribution in [0.15, 0.2) is 28.7 Å². The average Bonchev–Trinajstić information content (AvgIpc) is 2.65. The number of primary amides is 1. The van der Waals surface area contributed by atoms with Gasteiger partial charge in [0.05, 0.1) is 0 Å². The Morgan fingerprint density at radius 2 is 2.15 bits per heavy atom. The van der Waals surface area contributed by atoms with Gasteiger partial charge in [-0.15, -0.1) is 0 Å². The lowest BCUT2D eigenvalue weighted by Crippen LogP contribution is -2.51. The van der Waals surface area contributed by atoms with Crippen molar-refractivity contribution in [3.8, 4) is 0 Å². The highest BCUT2D eigenvalue weighted by Gasteiger charge is 2.38. The fourth-order valence-electron chi connectivity index (χ4n) is 2.76. The zero-order valence-electron chi connectivity index (χ0n) is 11.9. The molecule has 0 aliphatic carbocycles. The molecule has 110 valence electrons. The molecule has 0 saturated carbocycles. The summed E-state index contributed by atoms with van der Waals surface area (Å²) in [4.78, 5) is 14.4. The van der Waals surface area contributed by atoms with Crippen molar-refractivity contribution in [2.24, 2.45) is 5.73 Å². The second kappa shape index (κ2) is 6.59. The molecule has 0 radical (unpaired) electrons. The van der Waals surface area contributed by atoms with Gasteiger partial charge in [0.25, 0.3) is 0 Å². The van der Waals surface area contributed by atoms with Crippen molar-refractivity contribution in [2.75, 3.05) is 25.0 Å². The van der Waals surface area contributed by atoms with Gasteiger partial charge in [-0.1, -0.05) is 19.1 Å². The first kappa shape index (κ1) is 15.3. The van der Waals surface area contributed by atoms with Crippen LogP contribution in [0.5, 0.6) is 0 Å². The second-order valence-electron chi connectivity index (χ2n) is 5.34. The summed E-state index contributed by atoms with van der Waals surface area (Å²) in [5, 5.41) is 3.40. The predicted octanol–water partition coefficient (Wildman–Crippen LogP) is 2.59. The first-order valence-electron chi connectivity index (χ1n) is 7.12. The third kappa shape index (κ3) is 3.33. The number of hydrogen-bond donors (Lipinski definition) is 2. The molecule has 1 saturated heterocycles. The van der Waals surface area contributed by atoms with E-state index in [0.29, 0.717) is 0 Å². The monoisotopic (exact) mass is 339 g/mol. The molecular weight excluding hydrogens is 318 g/mol. The normalized spacial score (nSPS) is 24.1. The Balaban J connectivity index is 2.22. The molecular formula is C15H22BrN3O. The van der Waals surface area contributed by atoms with Crippen molar-refractivity contribution in [1.82, 2.24) is 4.90 Å². The molecule has 1 atom stereocenters. The van der Waals surface area contributed by atoms with Gasteiger partial charge >= 0.3 is 0 Å². The van der Waals surface area contributed by atoms with Gasteiger partial charge in [-0.3, -0.25) is 4.79 Å². The number of para-hydroxylation sites is 1. The molecule has 0 aromatic heterocycles. The number of nitrogens with zero attached hydrogens (tertiary/aromatic N) is 1. The lowest BCUT2D eigenvalue weighted by atomic mass is 9.89. The quantitative estimate of drug-likeness (QED) is 0.886. The fraction of sp³-hybridized carbons (Fsp3) is 0.533. The highest BCUT2D eigenvalue weighted by Crippen LogP contribution is 2.30. The third-order valence-electron chi connectivity index (χ3n) is 4.10. The Labute approximate surface area is 128 Å². The van der Waals surface area contributed by atoms with E-state index in [1.54, 1.807) is 0 Å². The maximum absolute atomic E-state index is 12.1. The summed E-state index contributed by atoms with van der Waals surface area (Å²) in [6.07, 6.45) is 2.51. The van der Waals surface area contributed by atoms with Gasteiger partial charge in [0, 0.05) is 16.7 Å². The van der Waals surface area contributed by atoms with Crippen molar-refractivity contribution < 1.29 is 4.79 Å². The molecule has 1 aliphatic heterocycles. The van der Waals surface area contributed by atoms with Crippen molar-refractivity contribution in [1.29, 1.82) is 0 Å². The summed E-state index contributed by atoms with van der Waals surface area (Å²) in [7, 11) is 0. The lowest BCUT2D eigenvalue weighted by molar-refractivity contribution is -0.122. The molecule has 0 bridgehead atoms. The summed E-state index contributed by atoms with van der Waals surface area (Å²) < 4.78 is 0.956. The van der Waals surface area contributed by atoms with Crippen LogP contribution < -0.4 is 11.1 Å². The Bertz CT molecular complexity index is 480. The molecule has 2 rings (SSSR count). The minimum atomic E-state index is -0.645. The number of rotatable bonds is 4. The van der Waals surface area contributed by atoms with Crippen LogP contribution in [0, 0.1) is 0 Å². The zero-order valence-corrected chi connectivity index (χ0v) is 13.4. The van der Waals surface area contributed by atoms with E-state index >= 15 is 0 Å². The van der Waals surface area contributed by atoms with Crippen molar-refractivity contribution in [3.05, 3.63) is 28.7 Å². The Hall–Kier alpha value is -1.07. The maximum atomic E-state index is 12.1. The first-order chi connectivity index (χ1) is 9.57. The van der Waals surface area contributed by atoms with E-state index in [0.717, 1.165) is 49.1 Å². The third-order valence-corrected chi connectivity index (χ3v) is 4.79. The molecule has 3 N–H and O–H groups in total. The molecule has 1 amide bonds. The Kier molecular flexibility index (Phi) is 5.05. The van der Waals surface area contributed by atoms with Crippen LogP contribution in [0.2, 0.25) is 0 Å². The molecule has 20 heavy (non-hydrogen) atoms. The first-order valence-corrected chi connectivity index (χ1v) is 7.92. The van der Waals surface area contributed by atoms with Crippen molar-refractivity contribution in [3.63, 3.8) is 0 Å². The number of benzene rings is 1. The lowest BCUT2D eigenvalue weighted by Gasteiger charge is -2.32. The van der Waals surface area contributed by atoms with E-state index in [9.17, 15) is 4.79 Å². The SMILES string of the molecule is CCN1CCCC(Nc2ccccc2Br)(C(N)=O)CC1. The largest absolute Gasteiger partial charge is 0.370 e. The number of hydrogen-bond acceptors (Lipinski definition) is 3. The van der Waals surface area contributed by atoms with E-state index in [1.807, 2.05) is 24.3 Å². The van der Waals surface area contributed by atoms with E-state index in [2.05, 4.69) is 33.1 Å². The van der Waals surface area contributed by atoms with Gasteiger partial charge in [-0.2, -0.15) is 0 Å². The van der Waals surface area contributed by atoms with E-state index < -0.39 is 5.54 Å². The van der Waals surface area contributed by atoms with Gasteiger partial charge in [-0.25, -0.2) is 0 Å². The molecule has 1 aromatic carbocycles. The van der Waals surface area contributed by atoms with Crippen LogP contribution in [0.4, 0.5) is 5.69 Å². The van der Waals surface area contributed by atoms with Gasteiger partial charge in [0.2, 0.25) is 5.91 Å². The summed E-state index contributed by atoms with van der Waals surface area (Å²) in [6, 6.07) is 7.85. The minimum absolute atomic E-state index is 0.258. The zero-order chi connectivity index (χ0) is 14.6. The van der Waals surface area contributed by atoms with E-state index in [4.69, 9.17) is 5.73 Å². The topological polar surface area (TPSA) is 58.4 Å². The molecule has 1 aromatic rings. The van der Waals surface area contributed by atoms with Crippen LogP contribution in [-0.4, -0.2) is 36.0 Å². The summed E-state index contributed by atoms with van der Waals surface area (Å²) in [5.74, 6) is -0.258. The summed E-state index contributed by atoms with van der Waals surface area (Å²) in [6.45, 7) is 5.10. The predicted molar refractivity (Wildman–Crippen MR) is 85.7 cm³/mol. The van der Waals surface area contributed by atoms with Crippen LogP contribution >= 0.6 is 15.9 Å². The Morgan fingerprint density at radius 1 is 1.40 bits per heavy atom. The fourth-order valence-corrected chi connectivity index (χ4v) is 3.14. The van der Waals surface area contributed by atoms with Crippen molar-refractivity contribution in [2.45, 2.75) is 31.7 Å². The van der Waals surface area contributed by atoms with E-state index in [1.165, 1.54) is 0 Å². The van der Waals surface area contributed by atoms with E-state index in [-0.39, 0.29) is 5.91 Å². The van der Waals surface area contributed by atoms with Crippen LogP contribution in [0.3, 0.4) is 0 Å². The van der Waals surface area contributed by atoms with Crippen LogP contribution in [0.1, 0.15) is 26.2 Å². The number of nitrogens with two attached hydrogens (primary N) is 1. The minimum Gasteiger partial charge on any atom is -0.370 e. The van der Waals surface area contributed by atoms with Gasteiger partial charge in [0.1, 0.15) is 5.54 Å². The number of nitrogens with one attached hydrogen (secondary N) is 1. The Morgan fingerprint density at radius 3 is 2.80 bits per heavy atom. The molecule has 4 nitrogen and oxygen atoms in total. The van der Waals surface area contributed by atoms with Crippen LogP contribution in [0.25, 0.3) is 0 Å². The summed E-state index contributed by atoms with van der Waals surface area (Å²) in [5.41, 5.74) is 6.00. The second-order valence-corrected chi connectivity index (χ2v) is 6.19. The van der Waals surface area contributed by atoms with Crippen molar-refractivity contribution >= 4 is 27.5 Å². The van der Waals surface area contributed by atoms with Gasteiger partial charge < -0.3 is 16.0 Å². The van der Waals surface area contributed by atoms with Crippen LogP contribution in [-0.2, 0) is 4.79 Å². The highest BCUT2D eigenvalue weighted by atomic mass is 79.9. The molecule has 0 spiro atoms. The standard InChI is InChI=1S/C15H22BrN3O/c1-2-19-10-5-8-15(9-11-19,14(17)20)18-13-7-4-3-6-12(13)16/h3-4,6-7,18H,2,5,8-11H2,1H3,(H2,17,20). The maximum Gasteiger partial charge on any atom is 0.243 e. The number of anilines is 1. The number of carbonyl (C=O) groups excluding carboxylic acids is 1. The molecule has 1 heterocycles. The summed E-state index contributed by atoms with van der Waals surface area (Å²) >= 11 is 3.52. The average molecular weight is 340 g/mol. The number of carbonyl (C=O) groups is 1. The van der Waals surface area contributed by atoms with Gasteiger partial charge in [0.15, 0.2) is 0 Å². The number of likely N-dealkylation sites (tertiary alicyclic amines) is 1. The molecule has 1 fully saturated rings. The number of amides is 1. The molecule has 5 heteroatoms. The number of halogens is 1. The van der Waals surface area contributed by atoms with Gasteiger partial charge in [-0.05, 0) is 60.4 Å². The molecule has 1 unspecified atom stereocenters. The smallest absolute Gasteiger partial charge is 0.243 e. The molecule has 1 aliphatic rings. The highest BCUT2D eigenvalue weighted by molar-refractivity contribution is 9.10.